The highest BCUT2D eigenvalue weighted by molar-refractivity contribution is 6.42. The maximum absolute atomic E-state index is 12.6. The van der Waals surface area contributed by atoms with Crippen molar-refractivity contribution in [1.29, 1.82) is 0 Å². The van der Waals surface area contributed by atoms with Crippen LogP contribution < -0.4 is 10.2 Å². The van der Waals surface area contributed by atoms with Crippen LogP contribution in [0.25, 0.3) is 0 Å². The van der Waals surface area contributed by atoms with Crippen molar-refractivity contribution < 1.29 is 14.4 Å². The van der Waals surface area contributed by atoms with Crippen molar-refractivity contribution in [1.82, 2.24) is 9.47 Å². The van der Waals surface area contributed by atoms with Crippen LogP contribution in [0.1, 0.15) is 23.0 Å². The molecule has 2 heterocycles. The number of carbonyl (C=O) groups excluding carboxylic acids is 3. The van der Waals surface area contributed by atoms with Crippen molar-refractivity contribution in [2.45, 2.75) is 13.8 Å². The Morgan fingerprint density at radius 3 is 2.44 bits per heavy atom. The Bertz CT molecular complexity index is 954. The predicted molar refractivity (Wildman–Crippen MR) is 105 cm³/mol. The fourth-order valence-corrected chi connectivity index (χ4v) is 3.43. The molecule has 0 radical (unpaired) electrons. The summed E-state index contributed by atoms with van der Waals surface area (Å²) in [6.07, 6.45) is 0. The van der Waals surface area contributed by atoms with E-state index in [0.29, 0.717) is 35.2 Å². The summed E-state index contributed by atoms with van der Waals surface area (Å²) in [5, 5.41) is 3.40. The number of urea groups is 1. The number of nitrogens with zero attached hydrogens (tertiary/aromatic N) is 3. The van der Waals surface area contributed by atoms with Gasteiger partial charge in [-0.1, -0.05) is 29.3 Å². The van der Waals surface area contributed by atoms with E-state index in [1.165, 1.54) is 27.4 Å². The molecule has 1 fully saturated rings. The van der Waals surface area contributed by atoms with E-state index in [1.54, 1.807) is 32.2 Å². The van der Waals surface area contributed by atoms with Crippen molar-refractivity contribution in [2.75, 3.05) is 23.3 Å². The molecule has 0 spiro atoms. The number of benzene rings is 1. The zero-order valence-corrected chi connectivity index (χ0v) is 16.6. The highest BCUT2D eigenvalue weighted by Crippen LogP contribution is 2.31. The Morgan fingerprint density at radius 2 is 1.89 bits per heavy atom. The van der Waals surface area contributed by atoms with Gasteiger partial charge in [0.1, 0.15) is 10.8 Å². The lowest BCUT2D eigenvalue weighted by molar-refractivity contribution is -0.125. The molecule has 1 aromatic heterocycles. The molecule has 1 aliphatic rings. The average molecular weight is 409 g/mol. The van der Waals surface area contributed by atoms with Crippen LogP contribution >= 0.6 is 23.2 Å². The summed E-state index contributed by atoms with van der Waals surface area (Å²) in [6.45, 7) is 3.91. The van der Waals surface area contributed by atoms with Gasteiger partial charge in [0, 0.05) is 32.7 Å². The van der Waals surface area contributed by atoms with Crippen molar-refractivity contribution in [2.24, 2.45) is 7.05 Å². The molecule has 1 aliphatic heterocycles. The van der Waals surface area contributed by atoms with Gasteiger partial charge in [-0.15, -0.1) is 0 Å². The summed E-state index contributed by atoms with van der Waals surface area (Å²) >= 11 is 12.0. The maximum atomic E-state index is 12.6. The van der Waals surface area contributed by atoms with Gasteiger partial charge in [0.15, 0.2) is 0 Å². The molecular formula is C18H18Cl2N4O3. The lowest BCUT2D eigenvalue weighted by Gasteiger charge is -2.20. The molecule has 0 aliphatic carbocycles. The summed E-state index contributed by atoms with van der Waals surface area (Å²) < 4.78 is 1.49. The van der Waals surface area contributed by atoms with Crippen molar-refractivity contribution >= 4 is 52.4 Å². The highest BCUT2D eigenvalue weighted by atomic mass is 35.5. The molecule has 0 atom stereocenters. The molecule has 0 saturated carbocycles. The van der Waals surface area contributed by atoms with E-state index < -0.39 is 0 Å². The third kappa shape index (κ3) is 3.40. The topological polar surface area (TPSA) is 74.7 Å². The molecule has 142 valence electrons. The number of halogens is 2. The van der Waals surface area contributed by atoms with Crippen LogP contribution in [-0.4, -0.2) is 40.4 Å². The molecule has 27 heavy (non-hydrogen) atoms. The second-order valence-corrected chi connectivity index (χ2v) is 7.00. The minimum atomic E-state index is -0.371. The number of aromatic nitrogens is 1. The van der Waals surface area contributed by atoms with E-state index in [9.17, 15) is 14.4 Å². The molecule has 0 unspecified atom stereocenters. The Balaban J connectivity index is 1.87. The van der Waals surface area contributed by atoms with E-state index in [4.69, 9.17) is 23.2 Å². The molecule has 4 amide bonds. The van der Waals surface area contributed by atoms with Crippen LogP contribution in [0.5, 0.6) is 0 Å². The quantitative estimate of drug-likeness (QED) is 0.841. The number of amides is 4. The van der Waals surface area contributed by atoms with Crippen molar-refractivity contribution in [3.63, 3.8) is 0 Å². The Labute approximate surface area is 166 Å². The fraction of sp³-hybridized carbons (Fsp3) is 0.278. The number of rotatable bonds is 3. The lowest BCUT2D eigenvalue weighted by Crippen LogP contribution is -2.35. The van der Waals surface area contributed by atoms with Gasteiger partial charge in [-0.3, -0.25) is 19.4 Å². The van der Waals surface area contributed by atoms with Crippen LogP contribution in [0.4, 0.5) is 16.2 Å². The van der Waals surface area contributed by atoms with Gasteiger partial charge in [0.2, 0.25) is 5.91 Å². The van der Waals surface area contributed by atoms with E-state index in [-0.39, 0.29) is 23.0 Å². The number of hydrogen-bond acceptors (Lipinski definition) is 3. The Hall–Kier alpha value is -2.51. The van der Waals surface area contributed by atoms with Crippen LogP contribution in [0, 0.1) is 6.92 Å². The second kappa shape index (κ2) is 7.25. The zero-order chi connectivity index (χ0) is 19.9. The van der Waals surface area contributed by atoms with Crippen LogP contribution in [0.3, 0.4) is 0 Å². The van der Waals surface area contributed by atoms with Gasteiger partial charge in [-0.05, 0) is 30.7 Å². The smallest absolute Gasteiger partial charge is 0.329 e. The van der Waals surface area contributed by atoms with E-state index in [1.807, 2.05) is 0 Å². The highest BCUT2D eigenvalue weighted by Gasteiger charge is 2.33. The SMILES string of the molecule is CC(=O)N1CCN(c2cccc(NC(=O)c3cc(Cl)c(Cl)n3C)c2C)C1=O. The molecule has 3 rings (SSSR count). The number of nitrogens with one attached hydrogen (secondary N) is 1. The first-order valence-electron chi connectivity index (χ1n) is 8.23. The monoisotopic (exact) mass is 408 g/mol. The summed E-state index contributed by atoms with van der Waals surface area (Å²) in [5.41, 5.74) is 2.23. The standard InChI is InChI=1S/C18H18Cl2N4O3/c1-10-13(21-17(26)15-9-12(19)16(20)22(15)3)5-4-6-14(10)24-8-7-23(11(2)25)18(24)27/h4-6,9H,7-8H2,1-3H3,(H,21,26). The summed E-state index contributed by atoms with van der Waals surface area (Å²) in [6, 6.07) is 6.39. The largest absolute Gasteiger partial charge is 0.331 e. The van der Waals surface area contributed by atoms with Gasteiger partial charge >= 0.3 is 6.03 Å². The first-order chi connectivity index (χ1) is 12.7. The van der Waals surface area contributed by atoms with Crippen molar-refractivity contribution in [3.8, 4) is 0 Å². The molecule has 0 bridgehead atoms. The summed E-state index contributed by atoms with van der Waals surface area (Å²) in [5.74, 6) is -0.660. The van der Waals surface area contributed by atoms with Crippen LogP contribution in [-0.2, 0) is 11.8 Å². The minimum Gasteiger partial charge on any atom is -0.329 e. The zero-order valence-electron chi connectivity index (χ0n) is 15.0. The molecule has 9 heteroatoms. The normalized spacial score (nSPS) is 14.0. The van der Waals surface area contributed by atoms with Gasteiger partial charge in [-0.2, -0.15) is 0 Å². The Morgan fingerprint density at radius 1 is 1.19 bits per heavy atom. The minimum absolute atomic E-state index is 0.277. The number of carbonyl (C=O) groups is 3. The molecular weight excluding hydrogens is 391 g/mol. The Kier molecular flexibility index (Phi) is 5.17. The predicted octanol–water partition coefficient (Wildman–Crippen LogP) is 3.68. The fourth-order valence-electron chi connectivity index (χ4n) is 3.05. The molecule has 1 N–H and O–H groups in total. The average Bonchev–Trinajstić information content (AvgIpc) is 3.12. The third-order valence-electron chi connectivity index (χ3n) is 4.58. The molecule has 1 aromatic carbocycles. The summed E-state index contributed by atoms with van der Waals surface area (Å²) in [7, 11) is 1.64. The third-order valence-corrected chi connectivity index (χ3v) is 5.42. The van der Waals surface area contributed by atoms with E-state index in [2.05, 4.69) is 5.32 Å². The molecule has 2 aromatic rings. The van der Waals surface area contributed by atoms with Gasteiger partial charge in [0.25, 0.3) is 5.91 Å². The van der Waals surface area contributed by atoms with Crippen LogP contribution in [0.2, 0.25) is 10.2 Å². The number of anilines is 2. The van der Waals surface area contributed by atoms with E-state index >= 15 is 0 Å². The molecule has 1 saturated heterocycles. The lowest BCUT2D eigenvalue weighted by atomic mass is 10.1. The van der Waals surface area contributed by atoms with Gasteiger partial charge < -0.3 is 9.88 Å². The van der Waals surface area contributed by atoms with Gasteiger partial charge in [0.05, 0.1) is 10.7 Å². The first-order valence-corrected chi connectivity index (χ1v) is 8.99. The maximum Gasteiger partial charge on any atom is 0.331 e. The number of imide groups is 1. The van der Waals surface area contributed by atoms with E-state index in [0.717, 1.165) is 5.56 Å². The first kappa shape index (κ1) is 19.3. The summed E-state index contributed by atoms with van der Waals surface area (Å²) in [4.78, 5) is 39.3. The second-order valence-electron chi connectivity index (χ2n) is 6.24. The number of hydrogen-bond donors (Lipinski definition) is 1. The van der Waals surface area contributed by atoms with Crippen molar-refractivity contribution in [3.05, 3.63) is 45.7 Å². The van der Waals surface area contributed by atoms with Crippen LogP contribution in [0.15, 0.2) is 24.3 Å². The molecule has 7 nitrogen and oxygen atoms in total. The van der Waals surface area contributed by atoms with Gasteiger partial charge in [-0.25, -0.2) is 4.79 Å².